The highest BCUT2D eigenvalue weighted by Crippen LogP contribution is 2.20. The fourth-order valence-electron chi connectivity index (χ4n) is 1.54. The van der Waals surface area contributed by atoms with Crippen LogP contribution < -0.4 is 11.1 Å². The molecule has 0 aliphatic heterocycles. The molecule has 1 aromatic rings. The van der Waals surface area contributed by atoms with E-state index in [4.69, 9.17) is 17.3 Å². The lowest BCUT2D eigenvalue weighted by molar-refractivity contribution is -0.117. The number of carbonyl (C=O) groups is 1. The molecule has 0 aromatic heterocycles. The minimum Gasteiger partial charge on any atom is -0.330 e. The van der Waals surface area contributed by atoms with Crippen molar-refractivity contribution in [3.05, 3.63) is 28.8 Å². The molecular formula is C13H19ClN2O. The van der Waals surface area contributed by atoms with Gasteiger partial charge in [-0.05, 0) is 37.1 Å². The molecule has 0 aliphatic carbocycles. The predicted molar refractivity (Wildman–Crippen MR) is 72.3 cm³/mol. The Kier molecular flexibility index (Phi) is 5.45. The molecule has 0 fully saturated rings. The Bertz CT molecular complexity index is 389. The maximum absolute atomic E-state index is 11.7. The third-order valence-electron chi connectivity index (χ3n) is 2.84. The molecule has 1 unspecified atom stereocenters. The van der Waals surface area contributed by atoms with E-state index < -0.39 is 0 Å². The molecule has 17 heavy (non-hydrogen) atoms. The first-order chi connectivity index (χ1) is 8.06. The molecule has 0 aliphatic rings. The molecule has 0 spiro atoms. The number of nitrogens with one attached hydrogen (secondary N) is 1. The van der Waals surface area contributed by atoms with Crippen LogP contribution in [0.5, 0.6) is 0 Å². The number of carbonyl (C=O) groups excluding carboxylic acids is 1. The molecule has 0 bridgehead atoms. The standard InChI is InChI=1S/C13H19ClN2O/c1-3-10(8-15)6-13(17)16-11-5-4-9(2)12(14)7-11/h4-5,7,10H,3,6,8,15H2,1-2H3,(H,16,17). The Balaban J connectivity index is 2.58. The monoisotopic (exact) mass is 254 g/mol. The topological polar surface area (TPSA) is 55.1 Å². The van der Waals surface area contributed by atoms with Crippen LogP contribution in [0.3, 0.4) is 0 Å². The number of rotatable bonds is 5. The average Bonchev–Trinajstić information content (AvgIpc) is 2.31. The lowest BCUT2D eigenvalue weighted by Crippen LogP contribution is -2.21. The molecule has 1 atom stereocenters. The van der Waals surface area contributed by atoms with Gasteiger partial charge >= 0.3 is 0 Å². The van der Waals surface area contributed by atoms with Crippen LogP contribution in [0.2, 0.25) is 5.02 Å². The zero-order chi connectivity index (χ0) is 12.8. The van der Waals surface area contributed by atoms with Crippen LogP contribution in [0.4, 0.5) is 5.69 Å². The third-order valence-corrected chi connectivity index (χ3v) is 3.25. The molecule has 3 N–H and O–H groups in total. The van der Waals surface area contributed by atoms with Crippen molar-refractivity contribution in [2.24, 2.45) is 11.7 Å². The summed E-state index contributed by atoms with van der Waals surface area (Å²) < 4.78 is 0. The summed E-state index contributed by atoms with van der Waals surface area (Å²) in [5.74, 6) is 0.234. The molecule has 0 saturated carbocycles. The van der Waals surface area contributed by atoms with E-state index in [0.717, 1.165) is 17.7 Å². The van der Waals surface area contributed by atoms with Crippen molar-refractivity contribution in [3.8, 4) is 0 Å². The predicted octanol–water partition coefficient (Wildman–Crippen LogP) is 2.96. The Labute approximate surface area is 107 Å². The quantitative estimate of drug-likeness (QED) is 0.849. The second-order valence-corrected chi connectivity index (χ2v) is 4.63. The second kappa shape index (κ2) is 6.62. The molecular weight excluding hydrogens is 236 g/mol. The molecule has 1 aromatic carbocycles. The van der Waals surface area contributed by atoms with E-state index in [-0.39, 0.29) is 11.8 Å². The maximum atomic E-state index is 11.7. The van der Waals surface area contributed by atoms with Crippen LogP contribution in [0.1, 0.15) is 25.3 Å². The largest absolute Gasteiger partial charge is 0.330 e. The van der Waals surface area contributed by atoms with Crippen molar-refractivity contribution < 1.29 is 4.79 Å². The van der Waals surface area contributed by atoms with E-state index in [1.165, 1.54) is 0 Å². The minimum atomic E-state index is -0.0118. The Morgan fingerprint density at radius 2 is 2.24 bits per heavy atom. The highest BCUT2D eigenvalue weighted by Gasteiger charge is 2.10. The number of amides is 1. The van der Waals surface area contributed by atoms with E-state index in [1.54, 1.807) is 6.07 Å². The van der Waals surface area contributed by atoms with E-state index in [9.17, 15) is 4.79 Å². The van der Waals surface area contributed by atoms with Crippen LogP contribution in [0.15, 0.2) is 18.2 Å². The maximum Gasteiger partial charge on any atom is 0.224 e. The van der Waals surface area contributed by atoms with Gasteiger partial charge in [0, 0.05) is 17.1 Å². The van der Waals surface area contributed by atoms with Crippen LogP contribution >= 0.6 is 11.6 Å². The Hall–Kier alpha value is -1.06. The average molecular weight is 255 g/mol. The lowest BCUT2D eigenvalue weighted by Gasteiger charge is -2.12. The van der Waals surface area contributed by atoms with Gasteiger partial charge in [-0.2, -0.15) is 0 Å². The fourth-order valence-corrected chi connectivity index (χ4v) is 1.72. The summed E-state index contributed by atoms with van der Waals surface area (Å²) in [5, 5.41) is 3.49. The molecule has 1 rings (SSSR count). The van der Waals surface area contributed by atoms with E-state index >= 15 is 0 Å². The lowest BCUT2D eigenvalue weighted by atomic mass is 10.0. The molecule has 4 heteroatoms. The number of nitrogens with two attached hydrogens (primary N) is 1. The minimum absolute atomic E-state index is 0.0118. The van der Waals surface area contributed by atoms with Gasteiger partial charge in [-0.15, -0.1) is 0 Å². The Morgan fingerprint density at radius 3 is 2.76 bits per heavy atom. The van der Waals surface area contributed by atoms with E-state index in [0.29, 0.717) is 18.0 Å². The van der Waals surface area contributed by atoms with E-state index in [2.05, 4.69) is 5.32 Å². The number of anilines is 1. The normalized spacial score (nSPS) is 12.2. The SMILES string of the molecule is CCC(CN)CC(=O)Nc1ccc(C)c(Cl)c1. The first kappa shape index (κ1) is 14.0. The number of aryl methyl sites for hydroxylation is 1. The highest BCUT2D eigenvalue weighted by molar-refractivity contribution is 6.31. The molecule has 94 valence electrons. The number of halogens is 1. The summed E-state index contributed by atoms with van der Waals surface area (Å²) in [4.78, 5) is 11.7. The van der Waals surface area contributed by atoms with E-state index in [1.807, 2.05) is 26.0 Å². The van der Waals surface area contributed by atoms with Crippen LogP contribution in [-0.2, 0) is 4.79 Å². The number of hydrogen-bond donors (Lipinski definition) is 2. The zero-order valence-corrected chi connectivity index (χ0v) is 11.1. The first-order valence-corrected chi connectivity index (χ1v) is 6.20. The van der Waals surface area contributed by atoms with Gasteiger partial charge in [0.05, 0.1) is 0 Å². The first-order valence-electron chi connectivity index (χ1n) is 5.82. The fraction of sp³-hybridized carbons (Fsp3) is 0.462. The van der Waals surface area contributed by atoms with Gasteiger partial charge in [-0.25, -0.2) is 0 Å². The molecule has 3 nitrogen and oxygen atoms in total. The van der Waals surface area contributed by atoms with Gasteiger partial charge in [0.15, 0.2) is 0 Å². The summed E-state index contributed by atoms with van der Waals surface area (Å²) in [6.07, 6.45) is 1.37. The molecule has 0 heterocycles. The van der Waals surface area contributed by atoms with Crippen molar-refractivity contribution in [2.45, 2.75) is 26.7 Å². The summed E-state index contributed by atoms with van der Waals surface area (Å²) in [7, 11) is 0. The van der Waals surface area contributed by atoms with Gasteiger partial charge in [-0.1, -0.05) is 31.0 Å². The van der Waals surface area contributed by atoms with Crippen molar-refractivity contribution in [1.82, 2.24) is 0 Å². The summed E-state index contributed by atoms with van der Waals surface area (Å²) in [5.41, 5.74) is 7.30. The second-order valence-electron chi connectivity index (χ2n) is 4.23. The summed E-state index contributed by atoms with van der Waals surface area (Å²) in [6, 6.07) is 5.50. The van der Waals surface area contributed by atoms with Crippen molar-refractivity contribution in [1.29, 1.82) is 0 Å². The van der Waals surface area contributed by atoms with Crippen molar-refractivity contribution >= 4 is 23.2 Å². The highest BCUT2D eigenvalue weighted by atomic mass is 35.5. The van der Waals surface area contributed by atoms with Crippen LogP contribution in [0.25, 0.3) is 0 Å². The van der Waals surface area contributed by atoms with Crippen LogP contribution in [0, 0.1) is 12.8 Å². The zero-order valence-electron chi connectivity index (χ0n) is 10.3. The molecule has 0 saturated heterocycles. The molecule has 1 amide bonds. The number of benzene rings is 1. The van der Waals surface area contributed by atoms with Crippen molar-refractivity contribution in [3.63, 3.8) is 0 Å². The summed E-state index contributed by atoms with van der Waals surface area (Å²) >= 11 is 5.99. The van der Waals surface area contributed by atoms with Gasteiger partial charge in [0.1, 0.15) is 0 Å². The Morgan fingerprint density at radius 1 is 1.53 bits per heavy atom. The van der Waals surface area contributed by atoms with Gasteiger partial charge in [-0.3, -0.25) is 4.79 Å². The molecule has 0 radical (unpaired) electrons. The van der Waals surface area contributed by atoms with Crippen molar-refractivity contribution in [2.75, 3.05) is 11.9 Å². The summed E-state index contributed by atoms with van der Waals surface area (Å²) in [6.45, 7) is 4.50. The third kappa shape index (κ3) is 4.36. The van der Waals surface area contributed by atoms with Gasteiger partial charge < -0.3 is 11.1 Å². The van der Waals surface area contributed by atoms with Gasteiger partial charge in [0.2, 0.25) is 5.91 Å². The number of hydrogen-bond acceptors (Lipinski definition) is 2. The van der Waals surface area contributed by atoms with Crippen LogP contribution in [-0.4, -0.2) is 12.5 Å². The smallest absolute Gasteiger partial charge is 0.224 e. The van der Waals surface area contributed by atoms with Gasteiger partial charge in [0.25, 0.3) is 0 Å².